The SMILES string of the molecule is C=C(C)C(=O)OC(C)OP(=O)(Oc1ccccc1)OC(C)OC(=O)C(=C)C. The molecule has 1 rings (SSSR count). The fourth-order valence-electron chi connectivity index (χ4n) is 1.59. The number of benzene rings is 1. The third-order valence-corrected chi connectivity index (χ3v) is 4.30. The molecule has 0 radical (unpaired) electrons. The summed E-state index contributed by atoms with van der Waals surface area (Å²) in [6.45, 7) is 12.4. The predicted octanol–water partition coefficient (Wildman–Crippen LogP) is 4.14. The van der Waals surface area contributed by atoms with E-state index in [1.165, 1.54) is 39.8 Å². The molecule has 148 valence electrons. The second-order valence-electron chi connectivity index (χ2n) is 5.57. The quantitative estimate of drug-likeness (QED) is 0.251. The zero-order valence-electron chi connectivity index (χ0n) is 15.7. The molecule has 1 aromatic rings. The highest BCUT2D eigenvalue weighted by molar-refractivity contribution is 7.49. The van der Waals surface area contributed by atoms with Crippen molar-refractivity contribution in [3.8, 4) is 5.75 Å². The molecule has 0 saturated heterocycles. The zero-order valence-corrected chi connectivity index (χ0v) is 16.6. The van der Waals surface area contributed by atoms with Gasteiger partial charge in [-0.25, -0.2) is 23.2 Å². The monoisotopic (exact) mass is 398 g/mol. The Hall–Kier alpha value is -2.41. The molecular weight excluding hydrogens is 375 g/mol. The van der Waals surface area contributed by atoms with Gasteiger partial charge in [0.25, 0.3) is 0 Å². The molecule has 0 aromatic heterocycles. The summed E-state index contributed by atoms with van der Waals surface area (Å²) in [5, 5.41) is 0. The lowest BCUT2D eigenvalue weighted by Crippen LogP contribution is -2.23. The van der Waals surface area contributed by atoms with Crippen molar-refractivity contribution in [2.24, 2.45) is 0 Å². The highest BCUT2D eigenvalue weighted by Gasteiger charge is 2.36. The molecular formula is C18H23O8P. The molecule has 0 saturated carbocycles. The molecule has 1 aromatic carbocycles. The number of ether oxygens (including phenoxy) is 2. The van der Waals surface area contributed by atoms with Gasteiger partial charge >= 0.3 is 19.8 Å². The molecule has 0 heterocycles. The van der Waals surface area contributed by atoms with Crippen LogP contribution in [0.5, 0.6) is 5.75 Å². The van der Waals surface area contributed by atoms with Crippen LogP contribution in [-0.4, -0.2) is 24.5 Å². The third-order valence-electron chi connectivity index (χ3n) is 2.76. The first kappa shape index (κ1) is 22.6. The summed E-state index contributed by atoms with van der Waals surface area (Å²) in [4.78, 5) is 23.2. The second kappa shape index (κ2) is 10.1. The van der Waals surface area contributed by atoms with E-state index in [9.17, 15) is 14.2 Å². The van der Waals surface area contributed by atoms with Crippen LogP contribution in [0.1, 0.15) is 27.7 Å². The Morgan fingerprint density at radius 3 is 1.67 bits per heavy atom. The van der Waals surface area contributed by atoms with Crippen molar-refractivity contribution in [3.63, 3.8) is 0 Å². The largest absolute Gasteiger partial charge is 0.536 e. The minimum atomic E-state index is -4.34. The van der Waals surface area contributed by atoms with Gasteiger partial charge < -0.3 is 14.0 Å². The smallest absolute Gasteiger partial charge is 0.432 e. The number of esters is 2. The van der Waals surface area contributed by atoms with E-state index in [4.69, 9.17) is 23.0 Å². The summed E-state index contributed by atoms with van der Waals surface area (Å²) >= 11 is 0. The summed E-state index contributed by atoms with van der Waals surface area (Å²) in [5.74, 6) is -1.30. The van der Waals surface area contributed by atoms with Crippen molar-refractivity contribution in [1.82, 2.24) is 0 Å². The Bertz CT molecular complexity index is 703. The highest BCUT2D eigenvalue weighted by atomic mass is 31.2. The Kier molecular flexibility index (Phi) is 8.43. The van der Waals surface area contributed by atoms with Crippen LogP contribution in [0, 0.1) is 0 Å². The molecule has 0 fully saturated rings. The van der Waals surface area contributed by atoms with E-state index in [2.05, 4.69) is 13.2 Å². The van der Waals surface area contributed by atoms with Crippen LogP contribution in [0.3, 0.4) is 0 Å². The summed E-state index contributed by atoms with van der Waals surface area (Å²) in [6, 6.07) is 8.07. The van der Waals surface area contributed by atoms with Gasteiger partial charge in [0.05, 0.1) is 0 Å². The molecule has 0 bridgehead atoms. The number of hydrogen-bond donors (Lipinski definition) is 0. The average Bonchev–Trinajstić information content (AvgIpc) is 2.54. The van der Waals surface area contributed by atoms with Crippen molar-refractivity contribution in [1.29, 1.82) is 0 Å². The summed E-state index contributed by atoms with van der Waals surface area (Å²) in [7, 11) is -4.34. The van der Waals surface area contributed by atoms with Crippen LogP contribution in [0.4, 0.5) is 0 Å². The van der Waals surface area contributed by atoms with Crippen molar-refractivity contribution in [2.45, 2.75) is 40.3 Å². The van der Waals surface area contributed by atoms with Crippen LogP contribution in [0.25, 0.3) is 0 Å². The molecule has 0 aliphatic rings. The number of carbonyl (C=O) groups excluding carboxylic acids is 2. The second-order valence-corrected chi connectivity index (χ2v) is 7.07. The van der Waals surface area contributed by atoms with Crippen LogP contribution in [0.15, 0.2) is 54.6 Å². The average molecular weight is 398 g/mol. The minimum Gasteiger partial charge on any atom is -0.432 e. The van der Waals surface area contributed by atoms with E-state index in [1.807, 2.05) is 0 Å². The van der Waals surface area contributed by atoms with Gasteiger partial charge in [0.1, 0.15) is 5.75 Å². The number of phosphoric ester groups is 1. The number of rotatable bonds is 10. The Morgan fingerprint density at radius 1 is 0.889 bits per heavy atom. The van der Waals surface area contributed by atoms with Gasteiger partial charge in [-0.3, -0.25) is 0 Å². The predicted molar refractivity (Wildman–Crippen MR) is 97.6 cm³/mol. The Balaban J connectivity index is 2.92. The molecule has 0 amide bonds. The molecule has 2 atom stereocenters. The topological polar surface area (TPSA) is 97.4 Å². The first-order valence-electron chi connectivity index (χ1n) is 7.97. The van der Waals surface area contributed by atoms with Crippen LogP contribution in [0.2, 0.25) is 0 Å². The van der Waals surface area contributed by atoms with E-state index in [1.54, 1.807) is 18.2 Å². The Morgan fingerprint density at radius 2 is 1.30 bits per heavy atom. The molecule has 0 aliphatic carbocycles. The van der Waals surface area contributed by atoms with Gasteiger partial charge in [-0.2, -0.15) is 0 Å². The third kappa shape index (κ3) is 8.21. The molecule has 2 unspecified atom stereocenters. The lowest BCUT2D eigenvalue weighted by Gasteiger charge is -2.24. The number of carbonyl (C=O) groups is 2. The molecule has 0 aliphatic heterocycles. The van der Waals surface area contributed by atoms with Crippen molar-refractivity contribution >= 4 is 19.8 Å². The van der Waals surface area contributed by atoms with Gasteiger partial charge in [-0.05, 0) is 39.8 Å². The molecule has 8 nitrogen and oxygen atoms in total. The maximum Gasteiger partial charge on any atom is 0.536 e. The van der Waals surface area contributed by atoms with E-state index in [0.29, 0.717) is 0 Å². The standard InChI is InChI=1S/C18H23O8P/c1-12(2)17(19)22-14(5)24-27(21,26-16-10-8-7-9-11-16)25-15(6)23-18(20)13(3)4/h7-11,14-15H,1,3H2,2,4-6H3. The van der Waals surface area contributed by atoms with E-state index >= 15 is 0 Å². The normalized spacial score (nSPS) is 15.0. The van der Waals surface area contributed by atoms with Gasteiger partial charge in [0, 0.05) is 11.1 Å². The summed E-state index contributed by atoms with van der Waals surface area (Å²) in [6.07, 6.45) is -2.57. The van der Waals surface area contributed by atoms with Crippen LogP contribution < -0.4 is 4.52 Å². The van der Waals surface area contributed by atoms with Gasteiger partial charge in [-0.1, -0.05) is 31.4 Å². The Labute approximate surface area is 158 Å². The maximum atomic E-state index is 13.0. The van der Waals surface area contributed by atoms with E-state index in [0.717, 1.165) is 0 Å². The zero-order chi connectivity index (χ0) is 20.6. The lowest BCUT2D eigenvalue weighted by atomic mass is 10.3. The molecule has 27 heavy (non-hydrogen) atoms. The number of para-hydroxylation sites is 1. The van der Waals surface area contributed by atoms with E-state index < -0.39 is 32.3 Å². The summed E-state index contributed by atoms with van der Waals surface area (Å²) < 4.78 is 38.6. The van der Waals surface area contributed by atoms with Gasteiger partial charge in [0.15, 0.2) is 0 Å². The van der Waals surface area contributed by atoms with Crippen molar-refractivity contribution in [2.75, 3.05) is 0 Å². The van der Waals surface area contributed by atoms with E-state index in [-0.39, 0.29) is 16.9 Å². The first-order valence-corrected chi connectivity index (χ1v) is 9.43. The van der Waals surface area contributed by atoms with Gasteiger partial charge in [0.2, 0.25) is 12.6 Å². The summed E-state index contributed by atoms with van der Waals surface area (Å²) in [5.41, 5.74) is 0.267. The molecule has 9 heteroatoms. The minimum absolute atomic E-state index is 0.133. The van der Waals surface area contributed by atoms with Crippen molar-refractivity contribution in [3.05, 3.63) is 54.6 Å². The maximum absolute atomic E-state index is 13.0. The lowest BCUT2D eigenvalue weighted by molar-refractivity contribution is -0.164. The van der Waals surface area contributed by atoms with Gasteiger partial charge in [-0.15, -0.1) is 0 Å². The van der Waals surface area contributed by atoms with Crippen LogP contribution >= 0.6 is 7.82 Å². The highest BCUT2D eigenvalue weighted by Crippen LogP contribution is 2.51. The van der Waals surface area contributed by atoms with Crippen LogP contribution in [-0.2, 0) is 32.7 Å². The first-order chi connectivity index (χ1) is 12.5. The molecule has 0 spiro atoms. The van der Waals surface area contributed by atoms with Crippen molar-refractivity contribution < 1.29 is 37.2 Å². The number of phosphoric acid groups is 1. The molecule has 0 N–H and O–H groups in total. The number of hydrogen-bond acceptors (Lipinski definition) is 8. The fourth-order valence-corrected chi connectivity index (χ4v) is 2.92. The fraction of sp³-hybridized carbons (Fsp3) is 0.333.